The number of aromatic hydroxyl groups is 3. The molecule has 10 N–H and O–H groups in total. The molecule has 0 saturated carbocycles. The van der Waals surface area contributed by atoms with E-state index in [0.717, 1.165) is 4.90 Å². The zero-order valence-electron chi connectivity index (χ0n) is 23.5. The van der Waals surface area contributed by atoms with Crippen molar-refractivity contribution in [1.82, 2.24) is 20.9 Å². The largest absolute Gasteiger partial charge is 0.508 e. The summed E-state index contributed by atoms with van der Waals surface area (Å²) in [6.45, 7) is 2.20. The van der Waals surface area contributed by atoms with Crippen LogP contribution in [-0.2, 0) is 19.2 Å². The molecule has 2 aromatic rings. The van der Waals surface area contributed by atoms with E-state index >= 15 is 0 Å². The third kappa shape index (κ3) is 9.08. The first-order valence-electron chi connectivity index (χ1n) is 13.3. The fourth-order valence-electron chi connectivity index (χ4n) is 4.22. The smallest absolute Gasteiger partial charge is 0.248 e. The van der Waals surface area contributed by atoms with Gasteiger partial charge in [-0.3, -0.25) is 19.2 Å². The predicted molar refractivity (Wildman–Crippen MR) is 153 cm³/mol. The maximum atomic E-state index is 13.8. The summed E-state index contributed by atoms with van der Waals surface area (Å²) in [4.78, 5) is 52.7. The molecule has 2 rings (SSSR count). The summed E-state index contributed by atoms with van der Waals surface area (Å²) in [5.74, 6) is -3.13. The van der Waals surface area contributed by atoms with Gasteiger partial charge in [0.1, 0.15) is 35.4 Å². The highest BCUT2D eigenvalue weighted by Gasteiger charge is 2.34. The third-order valence-corrected chi connectivity index (χ3v) is 6.56. The van der Waals surface area contributed by atoms with Crippen molar-refractivity contribution in [2.45, 2.75) is 50.7 Å². The summed E-state index contributed by atoms with van der Waals surface area (Å²) in [5.41, 5.74) is 11.3. The molecule has 0 spiro atoms. The second kappa shape index (κ2) is 15.4. The number of carbonyl (C=O) groups is 4. The van der Waals surface area contributed by atoms with Crippen LogP contribution in [0.25, 0.3) is 11.1 Å². The summed E-state index contributed by atoms with van der Waals surface area (Å²) in [5, 5.41) is 39.0. The second-order valence-electron chi connectivity index (χ2n) is 9.72. The molecular weight excluding hydrogens is 532 g/mol. The van der Waals surface area contributed by atoms with Gasteiger partial charge in [-0.05, 0) is 75.7 Å². The second-order valence-corrected chi connectivity index (χ2v) is 9.72. The van der Waals surface area contributed by atoms with Crippen LogP contribution >= 0.6 is 0 Å². The van der Waals surface area contributed by atoms with E-state index in [1.165, 1.54) is 50.4 Å². The molecule has 13 nitrogen and oxygen atoms in total. The quantitative estimate of drug-likeness (QED) is 0.108. The molecule has 41 heavy (non-hydrogen) atoms. The molecule has 0 radical (unpaired) electrons. The van der Waals surface area contributed by atoms with Crippen LogP contribution in [0.2, 0.25) is 0 Å². The molecule has 13 heteroatoms. The number of likely N-dealkylation sites (N-methyl/N-ethyl adjacent to an activating group) is 1. The zero-order valence-corrected chi connectivity index (χ0v) is 23.5. The van der Waals surface area contributed by atoms with E-state index in [2.05, 4.69) is 16.0 Å². The Bertz CT molecular complexity index is 1240. The Morgan fingerprint density at radius 1 is 0.951 bits per heavy atom. The Balaban J connectivity index is 2.56. The average molecular weight is 573 g/mol. The van der Waals surface area contributed by atoms with E-state index < -0.39 is 35.8 Å². The number of phenols is 3. The number of nitrogens with two attached hydrogens (primary N) is 2. The van der Waals surface area contributed by atoms with Crippen molar-refractivity contribution in [2.24, 2.45) is 11.5 Å². The molecule has 0 aliphatic rings. The molecule has 0 heterocycles. The summed E-state index contributed by atoms with van der Waals surface area (Å²) in [6, 6.07) is 4.46. The number of nitrogens with one attached hydrogen (secondary N) is 3. The van der Waals surface area contributed by atoms with Crippen molar-refractivity contribution >= 4 is 23.6 Å². The summed E-state index contributed by atoms with van der Waals surface area (Å²) >= 11 is 0. The summed E-state index contributed by atoms with van der Waals surface area (Å²) in [7, 11) is 3.08. The number of rotatable bonds is 15. The minimum atomic E-state index is -1.34. The molecule has 2 aromatic carbocycles. The van der Waals surface area contributed by atoms with Crippen molar-refractivity contribution < 1.29 is 34.5 Å². The molecule has 0 bridgehead atoms. The van der Waals surface area contributed by atoms with Gasteiger partial charge in [0.05, 0.1) is 0 Å². The monoisotopic (exact) mass is 572 g/mol. The van der Waals surface area contributed by atoms with Crippen LogP contribution < -0.4 is 27.4 Å². The normalized spacial score (nSPS) is 13.1. The Labute approximate surface area is 238 Å². The number of unbranched alkanes of at least 4 members (excludes halogenated alkanes) is 1. The molecule has 0 aliphatic heterocycles. The fourth-order valence-corrected chi connectivity index (χ4v) is 4.22. The van der Waals surface area contributed by atoms with Crippen LogP contribution in [0.4, 0.5) is 0 Å². The van der Waals surface area contributed by atoms with Crippen molar-refractivity contribution in [3.05, 3.63) is 42.0 Å². The first kappa shape index (κ1) is 32.8. The molecule has 4 amide bonds. The Morgan fingerprint density at radius 2 is 1.59 bits per heavy atom. The van der Waals surface area contributed by atoms with Gasteiger partial charge < -0.3 is 47.6 Å². The van der Waals surface area contributed by atoms with Crippen molar-refractivity contribution in [3.63, 3.8) is 0 Å². The Morgan fingerprint density at radius 3 is 2.20 bits per heavy atom. The van der Waals surface area contributed by atoms with Gasteiger partial charge in [0, 0.05) is 31.1 Å². The number of carbonyl (C=O) groups excluding carboxylic acids is 4. The van der Waals surface area contributed by atoms with Crippen LogP contribution in [0.1, 0.15) is 44.2 Å². The lowest BCUT2D eigenvalue weighted by Crippen LogP contribution is -2.53. The van der Waals surface area contributed by atoms with Gasteiger partial charge in [-0.15, -0.1) is 0 Å². The highest BCUT2D eigenvalue weighted by Crippen LogP contribution is 2.39. The van der Waals surface area contributed by atoms with Gasteiger partial charge in [-0.2, -0.15) is 0 Å². The number of phenolic OH excluding ortho intramolecular Hbond substituents is 3. The summed E-state index contributed by atoms with van der Waals surface area (Å²) < 4.78 is 0. The molecule has 0 aliphatic carbocycles. The van der Waals surface area contributed by atoms with Gasteiger partial charge in [0.2, 0.25) is 23.6 Å². The first-order chi connectivity index (χ1) is 19.4. The standard InChI is InChI=1S/C28H40N6O7/c1-16(26(30)39)32-27(40)25(17-7-9-22(36)19(14-17)20-15-18(35)8-10-23(20)37)34(3)28(41)21(6-4-5-12-29)33-24(38)11-13-31-2/h7-10,14-16,21,25,31,35-37H,4-6,11-13,29H2,1-3H3,(H2,30,39)(H,32,40)(H,33,38)/t16-,21-,25-/m0/s1. The van der Waals surface area contributed by atoms with Crippen molar-refractivity contribution in [2.75, 3.05) is 27.2 Å². The van der Waals surface area contributed by atoms with Crippen LogP contribution in [0.3, 0.4) is 0 Å². The van der Waals surface area contributed by atoms with Gasteiger partial charge >= 0.3 is 0 Å². The number of benzene rings is 2. The van der Waals surface area contributed by atoms with Crippen LogP contribution in [-0.4, -0.2) is 83.1 Å². The third-order valence-electron chi connectivity index (χ3n) is 6.56. The van der Waals surface area contributed by atoms with Crippen molar-refractivity contribution in [3.8, 4) is 28.4 Å². The lowest BCUT2D eigenvalue weighted by molar-refractivity contribution is -0.142. The maximum absolute atomic E-state index is 13.8. The predicted octanol–water partition coefficient (Wildman–Crippen LogP) is 0.183. The van der Waals surface area contributed by atoms with E-state index in [-0.39, 0.29) is 52.7 Å². The number of hydrogen-bond donors (Lipinski definition) is 8. The molecule has 0 aromatic heterocycles. The van der Waals surface area contributed by atoms with Gasteiger partial charge in [-0.1, -0.05) is 6.07 Å². The number of hydrogen-bond acceptors (Lipinski definition) is 9. The zero-order chi connectivity index (χ0) is 30.7. The molecule has 0 saturated heterocycles. The molecule has 224 valence electrons. The van der Waals surface area contributed by atoms with Gasteiger partial charge in [-0.25, -0.2) is 0 Å². The number of nitrogens with zero attached hydrogens (tertiary/aromatic N) is 1. The van der Waals surface area contributed by atoms with E-state index in [4.69, 9.17) is 11.5 Å². The maximum Gasteiger partial charge on any atom is 0.248 e. The van der Waals surface area contributed by atoms with Crippen LogP contribution in [0.15, 0.2) is 36.4 Å². The minimum Gasteiger partial charge on any atom is -0.508 e. The van der Waals surface area contributed by atoms with E-state index in [1.54, 1.807) is 7.05 Å². The lowest BCUT2D eigenvalue weighted by Gasteiger charge is -2.32. The molecular formula is C28H40N6O7. The molecule has 0 unspecified atom stereocenters. The highest BCUT2D eigenvalue weighted by molar-refractivity contribution is 5.95. The summed E-state index contributed by atoms with van der Waals surface area (Å²) in [6.07, 6.45) is 1.57. The molecule has 3 atom stereocenters. The first-order valence-corrected chi connectivity index (χ1v) is 13.3. The molecule has 0 fully saturated rings. The SMILES string of the molecule is CNCCC(=O)N[C@@H](CCCCN)C(=O)N(C)[C@H](C(=O)N[C@@H](C)C(N)=O)c1ccc(O)c(-c2cc(O)ccc2O)c1. The fraction of sp³-hybridized carbons (Fsp3) is 0.429. The lowest BCUT2D eigenvalue weighted by atomic mass is 9.95. The van der Waals surface area contributed by atoms with Crippen LogP contribution in [0, 0.1) is 0 Å². The minimum absolute atomic E-state index is 0.0809. The van der Waals surface area contributed by atoms with Gasteiger partial charge in [0.25, 0.3) is 0 Å². The average Bonchev–Trinajstić information content (AvgIpc) is 2.93. The van der Waals surface area contributed by atoms with E-state index in [0.29, 0.717) is 25.9 Å². The Kier molecular flexibility index (Phi) is 12.4. The topological polar surface area (TPSA) is 220 Å². The van der Waals surface area contributed by atoms with E-state index in [9.17, 15) is 34.5 Å². The Hall–Kier alpha value is -4.36. The number of primary amides is 1. The highest BCUT2D eigenvalue weighted by atomic mass is 16.3. The van der Waals surface area contributed by atoms with Crippen LogP contribution in [0.5, 0.6) is 17.2 Å². The van der Waals surface area contributed by atoms with Crippen molar-refractivity contribution in [1.29, 1.82) is 0 Å². The van der Waals surface area contributed by atoms with E-state index in [1.807, 2.05) is 0 Å². The number of amides is 4. The van der Waals surface area contributed by atoms with Gasteiger partial charge in [0.15, 0.2) is 0 Å².